The lowest BCUT2D eigenvalue weighted by molar-refractivity contribution is -0.379. The summed E-state index contributed by atoms with van der Waals surface area (Å²) in [6, 6.07) is -0.923. The van der Waals surface area contributed by atoms with Gasteiger partial charge in [0.1, 0.15) is 73.2 Å². The average Bonchev–Trinajstić information content (AvgIpc) is 0.779. The van der Waals surface area contributed by atoms with Crippen molar-refractivity contribution in [3.8, 4) is 0 Å². The highest BCUT2D eigenvalue weighted by atomic mass is 16.8. The SMILES string of the molecule is CC/C=C\C/C=C\C/C=C\C/C=C\C/C=C\C/C=C\C/C=C\C/C=C\C/C=C\C/C=C\CCCCC(=O)NC(COC1OC(CO)C(OC2OC(CO)C(OC3OC(CO)C(O)C(O)C3O)C(O)C2O)C(O)C1O)C(O)CCCCCCCCCCCCCCCCCCCCCCCCCCCCCCCC. The number of hydrogen-bond acceptors (Lipinski definition) is 18. The van der Waals surface area contributed by atoms with Gasteiger partial charge in [-0.1, -0.05) is 328 Å². The first kappa shape index (κ1) is 98.4. The van der Waals surface area contributed by atoms with E-state index in [-0.39, 0.29) is 18.9 Å². The minimum Gasteiger partial charge on any atom is -0.394 e. The molecule has 0 radical (unpaired) electrons. The number of aliphatic hydroxyl groups excluding tert-OH is 11. The van der Waals surface area contributed by atoms with Gasteiger partial charge in [-0.05, 0) is 89.9 Å². The van der Waals surface area contributed by atoms with Crippen molar-refractivity contribution >= 4 is 5.91 Å². The molecule has 0 saturated carbocycles. The largest absolute Gasteiger partial charge is 0.394 e. The van der Waals surface area contributed by atoms with Crippen molar-refractivity contribution < 1.29 is 89.4 Å². The van der Waals surface area contributed by atoms with Crippen LogP contribution in [0.2, 0.25) is 0 Å². The summed E-state index contributed by atoms with van der Waals surface area (Å²) in [6.07, 6.45) is 68.6. The van der Waals surface area contributed by atoms with Crippen molar-refractivity contribution in [3.63, 3.8) is 0 Å². The van der Waals surface area contributed by atoms with E-state index >= 15 is 0 Å². The van der Waals surface area contributed by atoms with Gasteiger partial charge in [0, 0.05) is 6.42 Å². The lowest BCUT2D eigenvalue weighted by Crippen LogP contribution is -2.66. The molecule has 19 heteroatoms. The summed E-state index contributed by atoms with van der Waals surface area (Å²) in [4.78, 5) is 13.5. The van der Waals surface area contributed by atoms with Gasteiger partial charge >= 0.3 is 0 Å². The lowest BCUT2D eigenvalue weighted by Gasteiger charge is -2.48. The molecule has 0 aromatic carbocycles. The number of rotatable bonds is 67. The second kappa shape index (κ2) is 67.7. The summed E-state index contributed by atoms with van der Waals surface area (Å²) in [5.74, 6) is -0.286. The minimum atomic E-state index is -1.98. The number of carbonyl (C=O) groups is 1. The van der Waals surface area contributed by atoms with E-state index in [1.165, 1.54) is 167 Å². The Bertz CT molecular complexity index is 2420. The van der Waals surface area contributed by atoms with Crippen LogP contribution in [0.15, 0.2) is 122 Å². The fourth-order valence-corrected chi connectivity index (χ4v) is 13.8. The molecule has 3 saturated heterocycles. The Morgan fingerprint density at radius 2 is 0.639 bits per heavy atom. The van der Waals surface area contributed by atoms with E-state index in [4.69, 9.17) is 28.4 Å². The van der Waals surface area contributed by atoms with Crippen LogP contribution in [0, 0.1) is 0 Å². The topological polar surface area (TPSA) is 307 Å². The van der Waals surface area contributed by atoms with E-state index in [1.807, 2.05) is 0 Å². The first-order valence-electron chi connectivity index (χ1n) is 42.8. The number of nitrogens with one attached hydrogen (secondary N) is 1. The van der Waals surface area contributed by atoms with Gasteiger partial charge in [0.2, 0.25) is 5.91 Å². The smallest absolute Gasteiger partial charge is 0.220 e. The maximum Gasteiger partial charge on any atom is 0.220 e. The molecule has 17 atom stereocenters. The molecule has 108 heavy (non-hydrogen) atoms. The zero-order valence-electron chi connectivity index (χ0n) is 66.8. The van der Waals surface area contributed by atoms with Crippen LogP contribution in [-0.4, -0.2) is 193 Å². The zero-order chi connectivity index (χ0) is 78.1. The van der Waals surface area contributed by atoms with E-state index < -0.39 is 124 Å². The van der Waals surface area contributed by atoms with E-state index in [2.05, 4.69) is 141 Å². The molecular formula is C89H153NO18. The Morgan fingerprint density at radius 3 is 0.981 bits per heavy atom. The molecule has 3 heterocycles. The monoisotopic (exact) mass is 1520 g/mol. The second-order valence-electron chi connectivity index (χ2n) is 29.9. The Balaban J connectivity index is 1.38. The summed E-state index contributed by atoms with van der Waals surface area (Å²) in [7, 11) is 0. The molecule has 12 N–H and O–H groups in total. The molecule has 3 fully saturated rings. The fraction of sp³-hybridized carbons (Fsp3) is 0.764. The van der Waals surface area contributed by atoms with Gasteiger partial charge in [0.15, 0.2) is 18.9 Å². The number of amides is 1. The normalized spacial score (nSPS) is 26.0. The van der Waals surface area contributed by atoms with Gasteiger partial charge in [-0.25, -0.2) is 0 Å². The molecular weight excluding hydrogens is 1370 g/mol. The predicted octanol–water partition coefficient (Wildman–Crippen LogP) is 15.5. The molecule has 0 aromatic heterocycles. The minimum absolute atomic E-state index is 0.203. The van der Waals surface area contributed by atoms with E-state index in [0.29, 0.717) is 19.3 Å². The third kappa shape index (κ3) is 46.4. The molecule has 0 aliphatic carbocycles. The molecule has 3 aliphatic heterocycles. The van der Waals surface area contributed by atoms with Crippen LogP contribution in [0.1, 0.15) is 303 Å². The highest BCUT2D eigenvalue weighted by molar-refractivity contribution is 5.76. The molecule has 19 nitrogen and oxygen atoms in total. The molecule has 1 amide bonds. The third-order valence-corrected chi connectivity index (χ3v) is 20.6. The molecule has 17 unspecified atom stereocenters. The molecule has 3 aliphatic rings. The Labute approximate surface area is 652 Å². The summed E-state index contributed by atoms with van der Waals surface area (Å²) in [6.45, 7) is 1.68. The van der Waals surface area contributed by atoms with Crippen LogP contribution in [-0.2, 0) is 33.2 Å². The van der Waals surface area contributed by atoms with Crippen LogP contribution in [0.25, 0.3) is 0 Å². The number of carbonyl (C=O) groups excluding carboxylic acids is 1. The van der Waals surface area contributed by atoms with Gasteiger partial charge in [-0.2, -0.15) is 0 Å². The van der Waals surface area contributed by atoms with Gasteiger partial charge in [-0.3, -0.25) is 4.79 Å². The number of aliphatic hydroxyl groups is 11. The maximum atomic E-state index is 13.5. The van der Waals surface area contributed by atoms with Gasteiger partial charge in [0.05, 0.1) is 38.6 Å². The Hall–Kier alpha value is -3.81. The number of hydrogen-bond donors (Lipinski definition) is 12. The van der Waals surface area contributed by atoms with E-state index in [9.17, 15) is 61.0 Å². The third-order valence-electron chi connectivity index (χ3n) is 20.6. The van der Waals surface area contributed by atoms with Crippen molar-refractivity contribution in [1.82, 2.24) is 5.32 Å². The van der Waals surface area contributed by atoms with E-state index in [0.717, 1.165) is 96.3 Å². The predicted molar refractivity (Wildman–Crippen MR) is 433 cm³/mol. The first-order valence-corrected chi connectivity index (χ1v) is 42.8. The van der Waals surface area contributed by atoms with Crippen LogP contribution in [0.5, 0.6) is 0 Å². The summed E-state index contributed by atoms with van der Waals surface area (Å²) in [5, 5.41) is 121. The Kier molecular flexibility index (Phi) is 61.6. The summed E-state index contributed by atoms with van der Waals surface area (Å²) < 4.78 is 34.5. The van der Waals surface area contributed by atoms with Gasteiger partial charge in [-0.15, -0.1) is 0 Å². The zero-order valence-corrected chi connectivity index (χ0v) is 66.8. The Morgan fingerprint density at radius 1 is 0.343 bits per heavy atom. The van der Waals surface area contributed by atoms with Crippen molar-refractivity contribution in [3.05, 3.63) is 122 Å². The summed E-state index contributed by atoms with van der Waals surface area (Å²) >= 11 is 0. The lowest BCUT2D eigenvalue weighted by atomic mass is 9.96. The second-order valence-corrected chi connectivity index (χ2v) is 29.9. The van der Waals surface area contributed by atoms with Crippen molar-refractivity contribution in [2.75, 3.05) is 26.4 Å². The molecule has 3 rings (SSSR count). The molecule has 0 spiro atoms. The van der Waals surface area contributed by atoms with Crippen LogP contribution >= 0.6 is 0 Å². The van der Waals surface area contributed by atoms with Crippen LogP contribution < -0.4 is 5.32 Å². The maximum absolute atomic E-state index is 13.5. The molecule has 622 valence electrons. The number of allylic oxidation sites excluding steroid dienone is 20. The van der Waals surface area contributed by atoms with Gasteiger partial charge < -0.3 is 89.9 Å². The standard InChI is InChI=1S/C89H153NO18/c1-3-5-7-9-11-13-15-17-19-21-23-25-27-29-31-33-35-36-37-39-41-43-45-47-49-51-53-55-57-59-61-63-65-67-77(95)90-72(73(94)66-64-62-60-58-56-54-52-50-48-46-44-42-40-38-34-32-30-28-26-24-22-20-18-16-14-12-10-8-6-4-2)71-103-87-83(101)80(98)85(75(69-92)105-87)108-89-84(102)81(99)86(76(70-93)106-89)107-88-82(100)79(97)78(96)74(68-91)104-88/h5,7,11,13,17,19,23,25,29,31,35-36,39,41,45,47,51,53,57,59,72-76,78-89,91-94,96-102H,3-4,6,8-10,12,14-16,18,20-22,24,26-28,30,32-34,37-38,40,42-44,46,48-50,52,54-56,58,60-71H2,1-2H3,(H,90,95)/b7-5-,13-11-,19-17-,25-23-,31-29-,36-35-,41-39-,47-45-,53-51-,59-57-. The van der Waals surface area contributed by atoms with Crippen molar-refractivity contribution in [1.29, 1.82) is 0 Å². The molecule has 0 bridgehead atoms. The number of ether oxygens (including phenoxy) is 6. The van der Waals surface area contributed by atoms with Crippen molar-refractivity contribution in [2.45, 2.75) is 407 Å². The van der Waals surface area contributed by atoms with E-state index in [1.54, 1.807) is 0 Å². The quantitative estimate of drug-likeness (QED) is 0.0199. The average molecular weight is 1530 g/mol. The van der Waals surface area contributed by atoms with Gasteiger partial charge in [0.25, 0.3) is 0 Å². The highest BCUT2D eigenvalue weighted by Gasteiger charge is 2.54. The highest BCUT2D eigenvalue weighted by Crippen LogP contribution is 2.33. The fourth-order valence-electron chi connectivity index (χ4n) is 13.8. The van der Waals surface area contributed by atoms with Crippen LogP contribution in [0.4, 0.5) is 0 Å². The number of unbranched alkanes of at least 4 members (excludes halogenated alkanes) is 31. The first-order chi connectivity index (χ1) is 52.8. The van der Waals surface area contributed by atoms with Crippen molar-refractivity contribution in [2.24, 2.45) is 0 Å². The molecule has 0 aromatic rings. The summed E-state index contributed by atoms with van der Waals surface area (Å²) in [5.41, 5.74) is 0. The van der Waals surface area contributed by atoms with Crippen LogP contribution in [0.3, 0.4) is 0 Å².